The monoisotopic (exact) mass is 397 g/mol. The lowest BCUT2D eigenvalue weighted by Gasteiger charge is -2.17. The first-order valence-corrected chi connectivity index (χ1v) is 9.51. The number of carbonyl (C=O) groups is 1. The first kappa shape index (κ1) is 19.5. The fraction of sp³-hybridized carbons (Fsp3) is 0.389. The Balaban J connectivity index is 1.77. The predicted octanol–water partition coefficient (Wildman–Crippen LogP) is 3.58. The van der Waals surface area contributed by atoms with Gasteiger partial charge in [0.05, 0.1) is 16.6 Å². The Bertz CT molecular complexity index is 933. The zero-order valence-corrected chi connectivity index (χ0v) is 15.4. The molecule has 0 aliphatic heterocycles. The Morgan fingerprint density at radius 3 is 2.74 bits per heavy atom. The van der Waals surface area contributed by atoms with Crippen LogP contribution >= 0.6 is 11.8 Å². The Kier molecular flexibility index (Phi) is 5.88. The molecule has 1 atom stereocenters. The summed E-state index contributed by atoms with van der Waals surface area (Å²) in [6.07, 6.45) is 3.68. The SMILES string of the molecule is CCC(Sc1nc2c(c(=O)[nH]1)CCCC2)C(=O)Nc1ccc(F)c(F)c1F. The van der Waals surface area contributed by atoms with Crippen LogP contribution < -0.4 is 10.9 Å². The van der Waals surface area contributed by atoms with Crippen LogP contribution in [0.4, 0.5) is 18.9 Å². The highest BCUT2D eigenvalue weighted by Crippen LogP contribution is 2.26. The molecule has 0 spiro atoms. The lowest BCUT2D eigenvalue weighted by Crippen LogP contribution is -2.27. The van der Waals surface area contributed by atoms with Gasteiger partial charge >= 0.3 is 0 Å². The van der Waals surface area contributed by atoms with Gasteiger partial charge in [-0.05, 0) is 44.2 Å². The van der Waals surface area contributed by atoms with E-state index in [2.05, 4.69) is 15.3 Å². The minimum absolute atomic E-state index is 0.205. The smallest absolute Gasteiger partial charge is 0.254 e. The number of fused-ring (bicyclic) bond motifs is 1. The number of halogens is 3. The number of nitrogens with one attached hydrogen (secondary N) is 2. The largest absolute Gasteiger partial charge is 0.323 e. The second kappa shape index (κ2) is 8.16. The average molecular weight is 397 g/mol. The van der Waals surface area contributed by atoms with E-state index in [9.17, 15) is 22.8 Å². The zero-order chi connectivity index (χ0) is 19.6. The number of aromatic nitrogens is 2. The zero-order valence-electron chi connectivity index (χ0n) is 14.6. The molecule has 1 aliphatic carbocycles. The first-order valence-electron chi connectivity index (χ1n) is 8.63. The summed E-state index contributed by atoms with van der Waals surface area (Å²) >= 11 is 1.05. The number of hydrogen-bond donors (Lipinski definition) is 2. The van der Waals surface area contributed by atoms with Crippen molar-refractivity contribution in [1.82, 2.24) is 9.97 Å². The lowest BCUT2D eigenvalue weighted by molar-refractivity contribution is -0.115. The standard InChI is InChI=1S/C18H18F3N3O2S/c1-2-13(17(26)22-12-8-7-10(19)14(20)15(12)21)27-18-23-11-6-4-3-5-9(11)16(25)24-18/h7-8,13H,2-6H2,1H3,(H,22,26)(H,23,24,25). The van der Waals surface area contributed by atoms with E-state index in [1.54, 1.807) is 6.92 Å². The summed E-state index contributed by atoms with van der Waals surface area (Å²) in [4.78, 5) is 31.7. The number of H-pyrrole nitrogens is 1. The van der Waals surface area contributed by atoms with Crippen molar-refractivity contribution in [1.29, 1.82) is 0 Å². The van der Waals surface area contributed by atoms with Crippen molar-refractivity contribution in [3.05, 3.63) is 51.2 Å². The molecular weight excluding hydrogens is 379 g/mol. The molecule has 1 unspecified atom stereocenters. The van der Waals surface area contributed by atoms with Crippen molar-refractivity contribution in [2.75, 3.05) is 5.32 Å². The molecule has 3 rings (SSSR count). The molecule has 5 nitrogen and oxygen atoms in total. The molecule has 27 heavy (non-hydrogen) atoms. The second-order valence-electron chi connectivity index (χ2n) is 6.23. The molecule has 1 heterocycles. The van der Waals surface area contributed by atoms with Gasteiger partial charge in [-0.15, -0.1) is 0 Å². The molecule has 0 saturated heterocycles. The molecule has 1 aliphatic rings. The van der Waals surface area contributed by atoms with Gasteiger partial charge in [-0.25, -0.2) is 18.2 Å². The first-order chi connectivity index (χ1) is 12.9. The third-order valence-corrected chi connectivity index (χ3v) is 5.63. The molecule has 2 N–H and O–H groups in total. The maximum atomic E-state index is 13.8. The highest BCUT2D eigenvalue weighted by atomic mass is 32.2. The fourth-order valence-electron chi connectivity index (χ4n) is 2.93. The number of thioether (sulfide) groups is 1. The van der Waals surface area contributed by atoms with Crippen LogP contribution in [-0.4, -0.2) is 21.1 Å². The highest BCUT2D eigenvalue weighted by Gasteiger charge is 2.23. The van der Waals surface area contributed by atoms with Crippen LogP contribution in [-0.2, 0) is 17.6 Å². The lowest BCUT2D eigenvalue weighted by atomic mass is 9.97. The summed E-state index contributed by atoms with van der Waals surface area (Å²) in [6.45, 7) is 1.75. The van der Waals surface area contributed by atoms with E-state index in [1.165, 1.54) is 0 Å². The van der Waals surface area contributed by atoms with Crippen molar-refractivity contribution in [2.45, 2.75) is 49.4 Å². The van der Waals surface area contributed by atoms with E-state index < -0.39 is 34.3 Å². The molecule has 0 bridgehead atoms. The summed E-state index contributed by atoms with van der Waals surface area (Å²) < 4.78 is 40.1. The number of nitrogens with zero attached hydrogens (tertiary/aromatic N) is 1. The van der Waals surface area contributed by atoms with Crippen molar-refractivity contribution in [3.63, 3.8) is 0 Å². The third kappa shape index (κ3) is 4.18. The van der Waals surface area contributed by atoms with E-state index in [0.29, 0.717) is 23.6 Å². The maximum absolute atomic E-state index is 13.8. The van der Waals surface area contributed by atoms with Crippen LogP contribution in [0.25, 0.3) is 0 Å². The Hall–Kier alpha value is -2.29. The van der Waals surface area contributed by atoms with Gasteiger partial charge in [0.1, 0.15) is 0 Å². The molecule has 1 aromatic heterocycles. The highest BCUT2D eigenvalue weighted by molar-refractivity contribution is 8.00. The molecule has 9 heteroatoms. The van der Waals surface area contributed by atoms with Crippen molar-refractivity contribution >= 4 is 23.4 Å². The van der Waals surface area contributed by atoms with Crippen LogP contribution in [0.2, 0.25) is 0 Å². The number of rotatable bonds is 5. The molecule has 0 fully saturated rings. The van der Waals surface area contributed by atoms with Gasteiger partial charge in [-0.3, -0.25) is 9.59 Å². The summed E-state index contributed by atoms with van der Waals surface area (Å²) in [5, 5.41) is 1.89. The van der Waals surface area contributed by atoms with Gasteiger partial charge in [0.25, 0.3) is 5.56 Å². The molecular formula is C18H18F3N3O2S. The van der Waals surface area contributed by atoms with E-state index in [4.69, 9.17) is 0 Å². The molecule has 1 aromatic carbocycles. The molecule has 0 radical (unpaired) electrons. The fourth-order valence-corrected chi connectivity index (χ4v) is 3.85. The average Bonchev–Trinajstić information content (AvgIpc) is 2.66. The van der Waals surface area contributed by atoms with E-state index >= 15 is 0 Å². The topological polar surface area (TPSA) is 74.8 Å². The summed E-state index contributed by atoms with van der Waals surface area (Å²) in [6, 6.07) is 1.70. The number of benzene rings is 1. The Morgan fingerprint density at radius 1 is 1.26 bits per heavy atom. The van der Waals surface area contributed by atoms with Gasteiger partial charge < -0.3 is 10.3 Å². The molecule has 0 saturated carbocycles. The van der Waals surface area contributed by atoms with Crippen LogP contribution in [0.1, 0.15) is 37.4 Å². The van der Waals surface area contributed by atoms with Gasteiger partial charge in [-0.2, -0.15) is 0 Å². The van der Waals surface area contributed by atoms with E-state index in [-0.39, 0.29) is 5.56 Å². The Labute approximate surface area is 157 Å². The van der Waals surface area contributed by atoms with Crippen LogP contribution in [0.5, 0.6) is 0 Å². The summed E-state index contributed by atoms with van der Waals surface area (Å²) in [7, 11) is 0. The maximum Gasteiger partial charge on any atom is 0.254 e. The summed E-state index contributed by atoms with van der Waals surface area (Å²) in [5.41, 5.74) is 0.787. The van der Waals surface area contributed by atoms with Gasteiger partial charge in [0.15, 0.2) is 22.6 Å². The molecule has 1 amide bonds. The quantitative estimate of drug-likeness (QED) is 0.460. The van der Waals surface area contributed by atoms with E-state index in [0.717, 1.165) is 48.9 Å². The predicted molar refractivity (Wildman–Crippen MR) is 96.4 cm³/mol. The minimum atomic E-state index is -1.64. The van der Waals surface area contributed by atoms with Crippen LogP contribution in [0.15, 0.2) is 22.1 Å². The molecule has 144 valence electrons. The number of aromatic amines is 1. The van der Waals surface area contributed by atoms with Gasteiger partial charge in [0, 0.05) is 5.56 Å². The molecule has 2 aromatic rings. The van der Waals surface area contributed by atoms with Gasteiger partial charge in [-0.1, -0.05) is 18.7 Å². The van der Waals surface area contributed by atoms with Crippen LogP contribution in [0, 0.1) is 17.5 Å². The summed E-state index contributed by atoms with van der Waals surface area (Å²) in [5.74, 6) is -5.02. The van der Waals surface area contributed by atoms with Gasteiger partial charge in [0.2, 0.25) is 5.91 Å². The number of aryl methyl sites for hydroxylation is 1. The number of amides is 1. The van der Waals surface area contributed by atoms with Crippen molar-refractivity contribution < 1.29 is 18.0 Å². The normalized spacial score (nSPS) is 14.5. The minimum Gasteiger partial charge on any atom is -0.323 e. The number of anilines is 1. The van der Waals surface area contributed by atoms with Crippen LogP contribution in [0.3, 0.4) is 0 Å². The number of hydrogen-bond acceptors (Lipinski definition) is 4. The second-order valence-corrected chi connectivity index (χ2v) is 7.42. The van der Waals surface area contributed by atoms with Crippen molar-refractivity contribution in [3.8, 4) is 0 Å². The van der Waals surface area contributed by atoms with E-state index in [1.807, 2.05) is 0 Å². The van der Waals surface area contributed by atoms with Crippen molar-refractivity contribution in [2.24, 2.45) is 0 Å². The Morgan fingerprint density at radius 2 is 2.00 bits per heavy atom. The number of carbonyl (C=O) groups excluding carboxylic acids is 1. The third-order valence-electron chi connectivity index (χ3n) is 4.38.